The van der Waals surface area contributed by atoms with Crippen LogP contribution in [0.15, 0.2) is 0 Å². The van der Waals surface area contributed by atoms with Gasteiger partial charge >= 0.3 is 6.18 Å². The van der Waals surface area contributed by atoms with Crippen molar-refractivity contribution in [2.75, 3.05) is 6.54 Å². The van der Waals surface area contributed by atoms with Gasteiger partial charge in [-0.25, -0.2) is 0 Å². The van der Waals surface area contributed by atoms with Crippen LogP contribution in [-0.4, -0.2) is 29.8 Å². The Morgan fingerprint density at radius 3 is 2.35 bits per heavy atom. The number of hydrogen-bond acceptors (Lipinski definition) is 2. The van der Waals surface area contributed by atoms with Crippen LogP contribution in [0.25, 0.3) is 0 Å². The molecular weight excluding hydrogens is 235 g/mol. The zero-order valence-corrected chi connectivity index (χ0v) is 9.81. The van der Waals surface area contributed by atoms with E-state index in [4.69, 9.17) is 5.11 Å². The Morgan fingerprint density at radius 1 is 1.35 bits per heavy atom. The monoisotopic (exact) mass is 253 g/mol. The number of hydrogen-bond donors (Lipinski definition) is 2. The van der Waals surface area contributed by atoms with Crippen molar-refractivity contribution in [3.05, 3.63) is 0 Å². The van der Waals surface area contributed by atoms with Crippen molar-refractivity contribution in [3.8, 4) is 0 Å². The van der Waals surface area contributed by atoms with Crippen molar-refractivity contribution >= 4 is 5.91 Å². The van der Waals surface area contributed by atoms with Gasteiger partial charge in [0.25, 0.3) is 0 Å². The van der Waals surface area contributed by atoms with Gasteiger partial charge in [0.15, 0.2) is 6.10 Å². The topological polar surface area (TPSA) is 49.3 Å². The van der Waals surface area contributed by atoms with Gasteiger partial charge in [-0.15, -0.1) is 0 Å². The molecule has 3 nitrogen and oxygen atoms in total. The molecule has 0 aromatic carbocycles. The number of aliphatic hydroxyl groups is 1. The summed E-state index contributed by atoms with van der Waals surface area (Å²) in [4.78, 5) is 11.8. The molecule has 0 heterocycles. The molecule has 0 bridgehead atoms. The Balaban J connectivity index is 2.44. The van der Waals surface area contributed by atoms with Crippen molar-refractivity contribution in [2.45, 2.75) is 51.3 Å². The van der Waals surface area contributed by atoms with E-state index in [1.165, 1.54) is 0 Å². The summed E-state index contributed by atoms with van der Waals surface area (Å²) < 4.78 is 36.1. The molecule has 1 saturated carbocycles. The number of aliphatic hydroxyl groups excluding tert-OH is 1. The third-order valence-corrected chi connectivity index (χ3v) is 3.34. The average Bonchev–Trinajstić information content (AvgIpc) is 2.25. The number of carbonyl (C=O) groups is 1. The summed E-state index contributed by atoms with van der Waals surface area (Å²) in [5.41, 5.74) is -0.580. The molecule has 100 valence electrons. The first kappa shape index (κ1) is 14.3. The number of amides is 1. The summed E-state index contributed by atoms with van der Waals surface area (Å²) >= 11 is 0. The predicted molar refractivity (Wildman–Crippen MR) is 56.3 cm³/mol. The summed E-state index contributed by atoms with van der Waals surface area (Å²) in [7, 11) is 0. The molecule has 0 saturated heterocycles. The van der Waals surface area contributed by atoms with Crippen molar-refractivity contribution < 1.29 is 23.1 Å². The number of carbonyl (C=O) groups excluding carboxylic acids is 1. The van der Waals surface area contributed by atoms with E-state index in [0.29, 0.717) is 12.8 Å². The molecule has 0 aromatic rings. The normalized spacial score (nSPS) is 21.9. The van der Waals surface area contributed by atoms with E-state index >= 15 is 0 Å². The Kier molecular flexibility index (Phi) is 4.41. The Morgan fingerprint density at radius 2 is 1.88 bits per heavy atom. The minimum Gasteiger partial charge on any atom is -0.382 e. The van der Waals surface area contributed by atoms with Gasteiger partial charge in [0, 0.05) is 5.41 Å². The van der Waals surface area contributed by atoms with Crippen LogP contribution in [0.4, 0.5) is 13.2 Å². The highest BCUT2D eigenvalue weighted by molar-refractivity contribution is 5.82. The molecule has 2 N–H and O–H groups in total. The van der Waals surface area contributed by atoms with Gasteiger partial charge in [0.05, 0.1) is 6.54 Å². The maximum absolute atomic E-state index is 12.0. The first-order chi connectivity index (χ1) is 7.76. The van der Waals surface area contributed by atoms with Crippen molar-refractivity contribution in [1.29, 1.82) is 0 Å². The molecule has 0 aliphatic heterocycles. The second-order valence-electron chi connectivity index (χ2n) is 4.89. The fraction of sp³-hybridized carbons (Fsp3) is 0.909. The lowest BCUT2D eigenvalue weighted by molar-refractivity contribution is -0.202. The lowest BCUT2D eigenvalue weighted by Crippen LogP contribution is -2.46. The molecule has 0 radical (unpaired) electrons. The molecule has 1 fully saturated rings. The van der Waals surface area contributed by atoms with Gasteiger partial charge in [0.1, 0.15) is 0 Å². The van der Waals surface area contributed by atoms with Crippen molar-refractivity contribution in [3.63, 3.8) is 0 Å². The molecule has 1 unspecified atom stereocenters. The molecule has 1 amide bonds. The number of halogens is 3. The molecule has 6 heteroatoms. The zero-order valence-electron chi connectivity index (χ0n) is 9.81. The van der Waals surface area contributed by atoms with E-state index in [0.717, 1.165) is 19.3 Å². The first-order valence-electron chi connectivity index (χ1n) is 5.79. The number of alkyl halides is 3. The third-order valence-electron chi connectivity index (χ3n) is 3.34. The van der Waals surface area contributed by atoms with Crippen LogP contribution in [0, 0.1) is 5.41 Å². The van der Waals surface area contributed by atoms with Crippen LogP contribution in [-0.2, 0) is 4.79 Å². The molecule has 0 spiro atoms. The molecule has 1 aliphatic carbocycles. The molecule has 1 atom stereocenters. The fourth-order valence-corrected chi connectivity index (χ4v) is 2.08. The molecule has 0 aromatic heterocycles. The highest BCUT2D eigenvalue weighted by Gasteiger charge is 2.40. The van der Waals surface area contributed by atoms with Crippen molar-refractivity contribution in [2.24, 2.45) is 5.41 Å². The smallest absolute Gasteiger partial charge is 0.382 e. The summed E-state index contributed by atoms with van der Waals surface area (Å²) in [6, 6.07) is 0. The largest absolute Gasteiger partial charge is 0.416 e. The number of nitrogens with one attached hydrogen (secondary N) is 1. The lowest BCUT2D eigenvalue weighted by atomic mass is 9.75. The standard InChI is InChI=1S/C11H18F3NO2/c1-10(5-3-2-4-6-10)9(17)15-7-8(16)11(12,13)14/h8,16H,2-7H2,1H3,(H,15,17). The van der Waals surface area contributed by atoms with Gasteiger partial charge in [-0.3, -0.25) is 4.79 Å². The maximum Gasteiger partial charge on any atom is 0.416 e. The molecular formula is C11H18F3NO2. The quantitative estimate of drug-likeness (QED) is 0.808. The lowest BCUT2D eigenvalue weighted by Gasteiger charge is -2.32. The summed E-state index contributed by atoms with van der Waals surface area (Å²) in [6.45, 7) is 0.999. The summed E-state index contributed by atoms with van der Waals surface area (Å²) in [5, 5.41) is 11.0. The summed E-state index contributed by atoms with van der Waals surface area (Å²) in [5.74, 6) is -0.388. The van der Waals surface area contributed by atoms with Gasteiger partial charge in [-0.2, -0.15) is 13.2 Å². The van der Waals surface area contributed by atoms with Crippen LogP contribution in [0.2, 0.25) is 0 Å². The maximum atomic E-state index is 12.0. The van der Waals surface area contributed by atoms with Crippen LogP contribution < -0.4 is 5.32 Å². The van der Waals surface area contributed by atoms with Crippen LogP contribution >= 0.6 is 0 Å². The van der Waals surface area contributed by atoms with Gasteiger partial charge in [-0.1, -0.05) is 26.2 Å². The Bertz CT molecular complexity index is 272. The van der Waals surface area contributed by atoms with Gasteiger partial charge in [0.2, 0.25) is 5.91 Å². The van der Waals surface area contributed by atoms with E-state index in [1.807, 2.05) is 0 Å². The minimum atomic E-state index is -4.68. The van der Waals surface area contributed by atoms with Crippen molar-refractivity contribution in [1.82, 2.24) is 5.32 Å². The van der Waals surface area contributed by atoms with E-state index < -0.39 is 24.2 Å². The highest BCUT2D eigenvalue weighted by Crippen LogP contribution is 2.35. The van der Waals surface area contributed by atoms with Gasteiger partial charge in [-0.05, 0) is 12.8 Å². The SMILES string of the molecule is CC1(C(=O)NCC(O)C(F)(F)F)CCCCC1. The van der Waals surface area contributed by atoms with E-state index in [-0.39, 0.29) is 5.91 Å². The summed E-state index contributed by atoms with van der Waals surface area (Å²) in [6.07, 6.45) is -2.87. The predicted octanol–water partition coefficient (Wildman–Crippen LogP) is 2.00. The number of rotatable bonds is 3. The second-order valence-corrected chi connectivity index (χ2v) is 4.89. The fourth-order valence-electron chi connectivity index (χ4n) is 2.08. The van der Waals surface area contributed by atoms with E-state index in [2.05, 4.69) is 5.32 Å². The second kappa shape index (κ2) is 5.25. The Hall–Kier alpha value is -0.780. The van der Waals surface area contributed by atoms with Crippen LogP contribution in [0.5, 0.6) is 0 Å². The molecule has 17 heavy (non-hydrogen) atoms. The van der Waals surface area contributed by atoms with Crippen LogP contribution in [0.3, 0.4) is 0 Å². The van der Waals surface area contributed by atoms with Crippen LogP contribution in [0.1, 0.15) is 39.0 Å². The first-order valence-corrected chi connectivity index (χ1v) is 5.79. The van der Waals surface area contributed by atoms with Gasteiger partial charge < -0.3 is 10.4 Å². The molecule has 1 rings (SSSR count). The Labute approximate surface area is 98.4 Å². The minimum absolute atomic E-state index is 0.388. The molecule has 1 aliphatic rings. The average molecular weight is 253 g/mol. The highest BCUT2D eigenvalue weighted by atomic mass is 19.4. The third kappa shape index (κ3) is 3.87. The van der Waals surface area contributed by atoms with E-state index in [9.17, 15) is 18.0 Å². The van der Waals surface area contributed by atoms with E-state index in [1.54, 1.807) is 6.92 Å². The zero-order chi connectivity index (χ0) is 13.1.